The van der Waals surface area contributed by atoms with Gasteiger partial charge in [-0.15, -0.1) is 10.2 Å². The molecule has 0 spiro atoms. The number of ether oxygens (including phenoxy) is 2. The Morgan fingerprint density at radius 2 is 1.69 bits per heavy atom. The third-order valence-corrected chi connectivity index (χ3v) is 5.84. The Labute approximate surface area is 189 Å². The van der Waals surface area contributed by atoms with Gasteiger partial charge in [-0.25, -0.2) is 0 Å². The molecule has 1 aliphatic heterocycles. The first kappa shape index (κ1) is 20.1. The van der Waals surface area contributed by atoms with Crippen LogP contribution < -0.4 is 14.8 Å². The molecule has 7 nitrogen and oxygen atoms in total. The summed E-state index contributed by atoms with van der Waals surface area (Å²) >= 11 is 1.35. The molecule has 1 N–H and O–H groups in total. The molecular weight excluding hydrogens is 424 g/mol. The molecule has 0 atom stereocenters. The van der Waals surface area contributed by atoms with Crippen LogP contribution in [0.2, 0.25) is 0 Å². The van der Waals surface area contributed by atoms with Crippen LogP contribution in [0.15, 0.2) is 84.0 Å². The molecule has 0 radical (unpaired) electrons. The van der Waals surface area contributed by atoms with Crippen molar-refractivity contribution in [2.24, 2.45) is 0 Å². The molecule has 4 aromatic rings. The van der Waals surface area contributed by atoms with Crippen molar-refractivity contribution in [2.75, 3.05) is 17.9 Å². The Hall–Kier alpha value is -3.78. The number of carbonyl (C=O) groups is 1. The normalized spacial score (nSPS) is 12.0. The molecule has 0 unspecified atom stereocenters. The van der Waals surface area contributed by atoms with E-state index < -0.39 is 0 Å². The number of carbonyl (C=O) groups excluding carboxylic acids is 1. The number of thioether (sulfide) groups is 1. The predicted molar refractivity (Wildman–Crippen MR) is 123 cm³/mol. The summed E-state index contributed by atoms with van der Waals surface area (Å²) in [6.07, 6.45) is 0.646. The molecule has 160 valence electrons. The van der Waals surface area contributed by atoms with Gasteiger partial charge in [0.1, 0.15) is 5.82 Å². The summed E-state index contributed by atoms with van der Waals surface area (Å²) in [5.74, 6) is 2.19. The van der Waals surface area contributed by atoms with Gasteiger partial charge >= 0.3 is 0 Å². The van der Waals surface area contributed by atoms with Gasteiger partial charge in [0.2, 0.25) is 12.7 Å². The average Bonchev–Trinajstić information content (AvgIpc) is 3.45. The van der Waals surface area contributed by atoms with E-state index in [-0.39, 0.29) is 18.5 Å². The molecule has 8 heteroatoms. The van der Waals surface area contributed by atoms with Crippen LogP contribution in [0.4, 0.5) is 5.69 Å². The van der Waals surface area contributed by atoms with E-state index in [2.05, 4.69) is 27.6 Å². The lowest BCUT2D eigenvalue weighted by Crippen LogP contribution is -2.14. The maximum absolute atomic E-state index is 12.6. The van der Waals surface area contributed by atoms with Crippen molar-refractivity contribution in [3.8, 4) is 17.2 Å². The van der Waals surface area contributed by atoms with Crippen molar-refractivity contribution >= 4 is 23.4 Å². The maximum atomic E-state index is 12.6. The number of amides is 1. The number of nitrogens with one attached hydrogen (secondary N) is 1. The van der Waals surface area contributed by atoms with Crippen LogP contribution >= 0.6 is 11.8 Å². The molecule has 0 aliphatic carbocycles. The lowest BCUT2D eigenvalue weighted by Gasteiger charge is -2.10. The van der Waals surface area contributed by atoms with Crippen molar-refractivity contribution in [1.29, 1.82) is 0 Å². The number of anilines is 1. The Morgan fingerprint density at radius 1 is 0.938 bits per heavy atom. The third-order valence-electron chi connectivity index (χ3n) is 4.91. The summed E-state index contributed by atoms with van der Waals surface area (Å²) in [5.41, 5.74) is 2.77. The highest BCUT2D eigenvalue weighted by Gasteiger charge is 2.17. The van der Waals surface area contributed by atoms with Gasteiger partial charge in [0, 0.05) is 23.9 Å². The van der Waals surface area contributed by atoms with Gasteiger partial charge in [-0.2, -0.15) is 0 Å². The minimum atomic E-state index is -0.138. The minimum Gasteiger partial charge on any atom is -0.454 e. The molecule has 0 saturated carbocycles. The zero-order valence-corrected chi connectivity index (χ0v) is 17.9. The number of fused-ring (bicyclic) bond motifs is 1. The van der Waals surface area contributed by atoms with Crippen molar-refractivity contribution in [3.05, 3.63) is 90.3 Å². The van der Waals surface area contributed by atoms with E-state index in [4.69, 9.17) is 9.47 Å². The number of benzene rings is 3. The third kappa shape index (κ3) is 4.45. The number of para-hydroxylation sites is 1. The Balaban J connectivity index is 1.32. The fraction of sp³-hybridized carbons (Fsp3) is 0.125. The molecule has 0 saturated heterocycles. The van der Waals surface area contributed by atoms with Crippen LogP contribution in [-0.4, -0.2) is 33.2 Å². The summed E-state index contributed by atoms with van der Waals surface area (Å²) in [6.45, 7) is 0.197. The van der Waals surface area contributed by atoms with Crippen LogP contribution in [0.5, 0.6) is 11.5 Å². The van der Waals surface area contributed by atoms with Crippen LogP contribution in [0.3, 0.4) is 0 Å². The van der Waals surface area contributed by atoms with Crippen LogP contribution in [0, 0.1) is 0 Å². The van der Waals surface area contributed by atoms with Crippen LogP contribution in [-0.2, 0) is 11.2 Å². The van der Waals surface area contributed by atoms with Gasteiger partial charge in [0.25, 0.3) is 0 Å². The molecule has 5 rings (SSSR count). The zero-order valence-electron chi connectivity index (χ0n) is 17.1. The molecule has 0 fully saturated rings. The first-order valence-corrected chi connectivity index (χ1v) is 11.1. The maximum Gasteiger partial charge on any atom is 0.234 e. The fourth-order valence-electron chi connectivity index (χ4n) is 3.42. The van der Waals surface area contributed by atoms with Crippen molar-refractivity contribution in [2.45, 2.75) is 11.6 Å². The SMILES string of the molecule is O=C(CSc1nnc(Cc2ccccc2)n1-c1ccccc1)Nc1ccc2c(c1)OCO2. The second-order valence-electron chi connectivity index (χ2n) is 7.14. The van der Waals surface area contributed by atoms with Gasteiger partial charge < -0.3 is 14.8 Å². The fourth-order valence-corrected chi connectivity index (χ4v) is 4.20. The molecule has 32 heavy (non-hydrogen) atoms. The van der Waals surface area contributed by atoms with E-state index in [0.717, 1.165) is 17.1 Å². The largest absolute Gasteiger partial charge is 0.454 e. The van der Waals surface area contributed by atoms with Gasteiger partial charge in [-0.3, -0.25) is 9.36 Å². The van der Waals surface area contributed by atoms with Crippen molar-refractivity contribution in [1.82, 2.24) is 14.8 Å². The topological polar surface area (TPSA) is 78.3 Å². The quantitative estimate of drug-likeness (QED) is 0.428. The molecule has 3 aromatic carbocycles. The van der Waals surface area contributed by atoms with Crippen molar-refractivity contribution in [3.63, 3.8) is 0 Å². The zero-order chi connectivity index (χ0) is 21.8. The van der Waals surface area contributed by atoms with E-state index in [1.54, 1.807) is 18.2 Å². The molecule has 0 bridgehead atoms. The van der Waals surface area contributed by atoms with E-state index in [0.29, 0.717) is 28.8 Å². The summed E-state index contributed by atoms with van der Waals surface area (Å²) in [6, 6.07) is 25.4. The van der Waals surface area contributed by atoms with E-state index >= 15 is 0 Å². The number of hydrogen-bond acceptors (Lipinski definition) is 6. The molecule has 1 aliphatic rings. The summed E-state index contributed by atoms with van der Waals surface area (Å²) in [5, 5.41) is 12.4. The first-order chi connectivity index (χ1) is 15.8. The molecule has 2 heterocycles. The number of hydrogen-bond donors (Lipinski definition) is 1. The highest BCUT2D eigenvalue weighted by Crippen LogP contribution is 2.34. The second kappa shape index (κ2) is 9.15. The standard InChI is InChI=1S/C24H20N4O3S/c29-23(25-18-11-12-20-21(14-18)31-16-30-20)15-32-24-27-26-22(13-17-7-3-1-4-8-17)28(24)19-9-5-2-6-10-19/h1-12,14H,13,15-16H2,(H,25,29). The average molecular weight is 445 g/mol. The molecular formula is C24H20N4O3S. The van der Waals surface area contributed by atoms with Gasteiger partial charge in [-0.05, 0) is 29.8 Å². The highest BCUT2D eigenvalue weighted by atomic mass is 32.2. The summed E-state index contributed by atoms with van der Waals surface area (Å²) in [4.78, 5) is 12.6. The van der Waals surface area contributed by atoms with Gasteiger partial charge in [0.15, 0.2) is 16.7 Å². The number of aromatic nitrogens is 3. The summed E-state index contributed by atoms with van der Waals surface area (Å²) in [7, 11) is 0. The Bertz CT molecular complexity index is 1230. The van der Waals surface area contributed by atoms with E-state index in [1.165, 1.54) is 11.8 Å². The van der Waals surface area contributed by atoms with E-state index in [1.807, 2.05) is 53.1 Å². The van der Waals surface area contributed by atoms with E-state index in [9.17, 15) is 4.79 Å². The minimum absolute atomic E-state index is 0.138. The smallest absolute Gasteiger partial charge is 0.234 e. The second-order valence-corrected chi connectivity index (χ2v) is 8.08. The Kier molecular flexibility index (Phi) is 5.76. The molecule has 1 aromatic heterocycles. The van der Waals surface area contributed by atoms with Gasteiger partial charge in [-0.1, -0.05) is 60.3 Å². The van der Waals surface area contributed by atoms with Gasteiger partial charge in [0.05, 0.1) is 5.75 Å². The first-order valence-electron chi connectivity index (χ1n) is 10.1. The number of rotatable bonds is 7. The highest BCUT2D eigenvalue weighted by molar-refractivity contribution is 7.99. The van der Waals surface area contributed by atoms with Crippen LogP contribution in [0.25, 0.3) is 5.69 Å². The predicted octanol–water partition coefficient (Wildman–Crippen LogP) is 4.32. The lowest BCUT2D eigenvalue weighted by molar-refractivity contribution is -0.113. The number of nitrogens with zero attached hydrogens (tertiary/aromatic N) is 3. The Morgan fingerprint density at radius 3 is 2.50 bits per heavy atom. The van der Waals surface area contributed by atoms with Crippen molar-refractivity contribution < 1.29 is 14.3 Å². The molecule has 1 amide bonds. The monoisotopic (exact) mass is 444 g/mol. The van der Waals surface area contributed by atoms with Crippen LogP contribution in [0.1, 0.15) is 11.4 Å². The summed E-state index contributed by atoms with van der Waals surface area (Å²) < 4.78 is 12.7. The lowest BCUT2D eigenvalue weighted by atomic mass is 10.1.